The number of rotatable bonds is 10. The van der Waals surface area contributed by atoms with Gasteiger partial charge in [-0.05, 0) is 50.2 Å². The highest BCUT2D eigenvalue weighted by Crippen LogP contribution is 2.26. The Morgan fingerprint density at radius 2 is 1.88 bits per heavy atom. The Hall–Kier alpha value is -2.00. The molecule has 1 heterocycles. The van der Waals surface area contributed by atoms with Crippen LogP contribution in [0.5, 0.6) is 0 Å². The molecule has 0 bridgehead atoms. The monoisotopic (exact) mass is 460 g/mol. The lowest BCUT2D eigenvalue weighted by molar-refractivity contribution is -0.141. The molecule has 8 heteroatoms. The summed E-state index contributed by atoms with van der Waals surface area (Å²) in [5.74, 6) is -0.210. The normalized spacial score (nSPS) is 25.4. The number of ether oxygens (including phenoxy) is 2. The second kappa shape index (κ2) is 12.5. The Morgan fingerprint density at radius 3 is 2.55 bits per heavy atom. The molecule has 2 fully saturated rings. The Labute approximate surface area is 197 Å². The second-order valence-electron chi connectivity index (χ2n) is 9.39. The predicted octanol–water partition coefficient (Wildman–Crippen LogP) is 1.45. The van der Waals surface area contributed by atoms with Crippen molar-refractivity contribution in [3.8, 4) is 0 Å². The number of likely N-dealkylation sites (tertiary alicyclic amines) is 1. The van der Waals surface area contributed by atoms with Crippen molar-refractivity contribution in [1.29, 1.82) is 0 Å². The summed E-state index contributed by atoms with van der Waals surface area (Å²) < 4.78 is 10.5. The summed E-state index contributed by atoms with van der Waals surface area (Å²) in [7, 11) is 3.20. The van der Waals surface area contributed by atoms with Crippen molar-refractivity contribution >= 4 is 11.8 Å². The Bertz CT molecular complexity index is 781. The van der Waals surface area contributed by atoms with Gasteiger partial charge in [-0.25, -0.2) is 0 Å². The first-order chi connectivity index (χ1) is 15.9. The van der Waals surface area contributed by atoms with Gasteiger partial charge in [-0.1, -0.05) is 24.3 Å². The van der Waals surface area contributed by atoms with Crippen LogP contribution >= 0.6 is 0 Å². The van der Waals surface area contributed by atoms with Crippen LogP contribution in [0.25, 0.3) is 0 Å². The molecule has 1 saturated heterocycles. The number of amides is 2. The van der Waals surface area contributed by atoms with Gasteiger partial charge in [-0.15, -0.1) is 0 Å². The Morgan fingerprint density at radius 1 is 1.15 bits per heavy atom. The Kier molecular flexibility index (Phi) is 9.67. The molecule has 0 radical (unpaired) electrons. The third-order valence-electron chi connectivity index (χ3n) is 7.02. The second-order valence-corrected chi connectivity index (χ2v) is 9.39. The largest absolute Gasteiger partial charge is 0.383 e. The van der Waals surface area contributed by atoms with Crippen molar-refractivity contribution in [2.24, 2.45) is 5.73 Å². The molecule has 1 aliphatic carbocycles. The number of aryl methyl sites for hydroxylation is 1. The van der Waals surface area contributed by atoms with Gasteiger partial charge in [0.1, 0.15) is 12.6 Å². The van der Waals surface area contributed by atoms with E-state index in [1.54, 1.807) is 12.0 Å². The molecule has 3 N–H and O–H groups in total. The number of hydrogen-bond acceptors (Lipinski definition) is 6. The van der Waals surface area contributed by atoms with E-state index in [0.29, 0.717) is 19.6 Å². The summed E-state index contributed by atoms with van der Waals surface area (Å²) in [6.07, 6.45) is 4.23. The number of carbonyl (C=O) groups is 2. The van der Waals surface area contributed by atoms with Gasteiger partial charge in [0, 0.05) is 52.0 Å². The number of nitrogens with zero attached hydrogens (tertiary/aromatic N) is 2. The van der Waals surface area contributed by atoms with Crippen molar-refractivity contribution in [3.63, 3.8) is 0 Å². The van der Waals surface area contributed by atoms with E-state index in [9.17, 15) is 9.59 Å². The number of nitrogens with one attached hydrogen (secondary N) is 1. The van der Waals surface area contributed by atoms with Crippen molar-refractivity contribution < 1.29 is 19.1 Å². The van der Waals surface area contributed by atoms with Crippen LogP contribution in [0.2, 0.25) is 0 Å². The van der Waals surface area contributed by atoms with Gasteiger partial charge in [-0.3, -0.25) is 14.5 Å². The molecular formula is C25H40N4O4. The summed E-state index contributed by atoms with van der Waals surface area (Å²) in [6.45, 7) is 4.67. The molecule has 0 aromatic heterocycles. The summed E-state index contributed by atoms with van der Waals surface area (Å²) in [6, 6.07) is 8.27. The van der Waals surface area contributed by atoms with Crippen LogP contribution in [-0.2, 0) is 25.6 Å². The molecule has 3 rings (SSSR count). The van der Waals surface area contributed by atoms with Crippen LogP contribution in [0, 0.1) is 6.92 Å². The molecule has 2 amide bonds. The first kappa shape index (κ1) is 25.6. The van der Waals surface area contributed by atoms with Gasteiger partial charge in [0.2, 0.25) is 11.8 Å². The molecule has 33 heavy (non-hydrogen) atoms. The van der Waals surface area contributed by atoms with Crippen molar-refractivity contribution in [3.05, 3.63) is 35.4 Å². The molecule has 1 saturated carbocycles. The number of hydrogen-bond donors (Lipinski definition) is 2. The van der Waals surface area contributed by atoms with Gasteiger partial charge in [0.05, 0.1) is 6.61 Å². The van der Waals surface area contributed by atoms with E-state index in [4.69, 9.17) is 15.2 Å². The summed E-state index contributed by atoms with van der Waals surface area (Å²) >= 11 is 0. The molecular weight excluding hydrogens is 420 g/mol. The molecule has 2 atom stereocenters. The van der Waals surface area contributed by atoms with Crippen molar-refractivity contribution in [2.75, 3.05) is 40.5 Å². The zero-order valence-electron chi connectivity index (χ0n) is 20.3. The van der Waals surface area contributed by atoms with Crippen LogP contribution in [0.4, 0.5) is 0 Å². The highest BCUT2D eigenvalue weighted by Gasteiger charge is 2.42. The first-order valence-corrected chi connectivity index (χ1v) is 12.0. The van der Waals surface area contributed by atoms with E-state index in [1.165, 1.54) is 18.2 Å². The van der Waals surface area contributed by atoms with E-state index in [-0.39, 0.29) is 36.5 Å². The zero-order chi connectivity index (χ0) is 23.8. The summed E-state index contributed by atoms with van der Waals surface area (Å²) in [5.41, 5.74) is 8.49. The first-order valence-electron chi connectivity index (χ1n) is 12.0. The lowest BCUT2D eigenvalue weighted by Crippen LogP contribution is -2.50. The van der Waals surface area contributed by atoms with E-state index < -0.39 is 6.04 Å². The molecule has 1 aliphatic heterocycles. The van der Waals surface area contributed by atoms with Crippen LogP contribution in [0.3, 0.4) is 0 Å². The van der Waals surface area contributed by atoms with E-state index in [2.05, 4.69) is 29.3 Å². The van der Waals surface area contributed by atoms with Crippen molar-refractivity contribution in [2.45, 2.75) is 69.7 Å². The number of benzene rings is 1. The minimum atomic E-state index is -0.491. The SMILES string of the molecule is COCCN(Cc1ccccc1C)C1CC(C(=O)NC2CCC(N)CC2)N(C(=O)COC)C1. The highest BCUT2D eigenvalue weighted by molar-refractivity contribution is 5.89. The zero-order valence-corrected chi connectivity index (χ0v) is 20.3. The number of carbonyl (C=O) groups excluding carboxylic acids is 2. The van der Waals surface area contributed by atoms with E-state index in [0.717, 1.165) is 38.8 Å². The lowest BCUT2D eigenvalue weighted by atomic mass is 9.91. The fourth-order valence-corrected chi connectivity index (χ4v) is 4.98. The molecule has 1 aromatic carbocycles. The fraction of sp³-hybridized carbons (Fsp3) is 0.680. The maximum Gasteiger partial charge on any atom is 0.249 e. The Balaban J connectivity index is 1.74. The van der Waals surface area contributed by atoms with Gasteiger partial charge < -0.3 is 25.4 Å². The standard InChI is InChI=1S/C25H40N4O4/c1-18-6-4-5-7-19(18)15-28(12-13-32-2)22-14-23(29(16-22)24(30)17-33-3)25(31)27-21-10-8-20(26)9-11-21/h4-7,20-23H,8-17,26H2,1-3H3,(H,27,31). The van der Waals surface area contributed by atoms with Gasteiger partial charge in [0.25, 0.3) is 0 Å². The lowest BCUT2D eigenvalue weighted by Gasteiger charge is -2.30. The smallest absolute Gasteiger partial charge is 0.249 e. The molecule has 8 nitrogen and oxygen atoms in total. The molecule has 2 unspecified atom stereocenters. The molecule has 1 aromatic rings. The third-order valence-corrected chi connectivity index (χ3v) is 7.02. The van der Waals surface area contributed by atoms with E-state index >= 15 is 0 Å². The van der Waals surface area contributed by atoms with Crippen LogP contribution in [0.1, 0.15) is 43.2 Å². The van der Waals surface area contributed by atoms with Crippen LogP contribution < -0.4 is 11.1 Å². The number of nitrogens with two attached hydrogens (primary N) is 1. The highest BCUT2D eigenvalue weighted by atomic mass is 16.5. The van der Waals surface area contributed by atoms with Crippen molar-refractivity contribution in [1.82, 2.24) is 15.1 Å². The quantitative estimate of drug-likeness (QED) is 0.549. The summed E-state index contributed by atoms with van der Waals surface area (Å²) in [4.78, 5) is 30.2. The maximum atomic E-state index is 13.3. The topological polar surface area (TPSA) is 97.1 Å². The van der Waals surface area contributed by atoms with Crippen LogP contribution in [0.15, 0.2) is 24.3 Å². The minimum Gasteiger partial charge on any atom is -0.383 e. The average Bonchev–Trinajstić information content (AvgIpc) is 3.25. The molecule has 2 aliphatic rings. The molecule has 184 valence electrons. The maximum absolute atomic E-state index is 13.3. The predicted molar refractivity (Wildman–Crippen MR) is 128 cm³/mol. The van der Waals surface area contributed by atoms with Gasteiger partial charge in [-0.2, -0.15) is 0 Å². The van der Waals surface area contributed by atoms with Gasteiger partial charge >= 0.3 is 0 Å². The van der Waals surface area contributed by atoms with Gasteiger partial charge in [0.15, 0.2) is 0 Å². The van der Waals surface area contributed by atoms with Crippen LogP contribution in [-0.4, -0.2) is 86.3 Å². The minimum absolute atomic E-state index is 0.0232. The summed E-state index contributed by atoms with van der Waals surface area (Å²) in [5, 5.41) is 3.20. The number of methoxy groups -OCH3 is 2. The fourth-order valence-electron chi connectivity index (χ4n) is 4.98. The average molecular weight is 461 g/mol. The van der Waals surface area contributed by atoms with E-state index in [1.807, 2.05) is 12.1 Å². The molecule has 0 spiro atoms. The third kappa shape index (κ3) is 6.99.